The second kappa shape index (κ2) is 6.45. The van der Waals surface area contributed by atoms with E-state index in [1.807, 2.05) is 18.2 Å². The number of rotatable bonds is 5. The van der Waals surface area contributed by atoms with Gasteiger partial charge in [-0.2, -0.15) is 0 Å². The van der Waals surface area contributed by atoms with Crippen LogP contribution in [0.5, 0.6) is 5.75 Å². The molecule has 1 aliphatic carbocycles. The maximum atomic E-state index is 11.9. The first kappa shape index (κ1) is 13.7. The van der Waals surface area contributed by atoms with Crippen LogP contribution in [0.1, 0.15) is 26.2 Å². The van der Waals surface area contributed by atoms with E-state index in [1.165, 1.54) is 6.42 Å². The quantitative estimate of drug-likeness (QED) is 0.631. The van der Waals surface area contributed by atoms with Crippen LogP contribution >= 0.6 is 0 Å². The summed E-state index contributed by atoms with van der Waals surface area (Å²) in [7, 11) is 0. The van der Waals surface area contributed by atoms with E-state index in [0.717, 1.165) is 18.6 Å². The molecule has 0 radical (unpaired) electrons. The van der Waals surface area contributed by atoms with Crippen molar-refractivity contribution in [2.45, 2.75) is 26.2 Å². The molecule has 0 bridgehead atoms. The highest BCUT2D eigenvalue weighted by Gasteiger charge is 2.29. The van der Waals surface area contributed by atoms with Gasteiger partial charge in [0.1, 0.15) is 12.4 Å². The number of amides is 1. The molecule has 4 heteroatoms. The molecule has 1 aliphatic rings. The molecular weight excluding hydrogens is 240 g/mol. The number of hydrogen-bond donors (Lipinski definition) is 2. The van der Waals surface area contributed by atoms with Gasteiger partial charge in [-0.1, -0.05) is 19.4 Å². The lowest BCUT2D eigenvalue weighted by Gasteiger charge is -2.15. The minimum absolute atomic E-state index is 0.168. The smallest absolute Gasteiger partial charge is 0.223 e. The third-order valence-electron chi connectivity index (χ3n) is 3.73. The van der Waals surface area contributed by atoms with Gasteiger partial charge in [-0.3, -0.25) is 4.79 Å². The average Bonchev–Trinajstić information content (AvgIpc) is 2.81. The van der Waals surface area contributed by atoms with Gasteiger partial charge < -0.3 is 15.8 Å². The van der Waals surface area contributed by atoms with Crippen LogP contribution in [0.15, 0.2) is 24.3 Å². The fraction of sp³-hybridized carbons (Fsp3) is 0.533. The van der Waals surface area contributed by atoms with Gasteiger partial charge in [0.05, 0.1) is 6.54 Å². The maximum absolute atomic E-state index is 11.9. The number of carbonyl (C=O) groups is 1. The van der Waals surface area contributed by atoms with E-state index in [0.29, 0.717) is 24.8 Å². The van der Waals surface area contributed by atoms with Gasteiger partial charge in [0, 0.05) is 17.7 Å². The van der Waals surface area contributed by atoms with E-state index in [-0.39, 0.29) is 11.8 Å². The highest BCUT2D eigenvalue weighted by molar-refractivity contribution is 5.79. The zero-order chi connectivity index (χ0) is 13.7. The van der Waals surface area contributed by atoms with E-state index in [9.17, 15) is 4.79 Å². The summed E-state index contributed by atoms with van der Waals surface area (Å²) < 4.78 is 5.53. The Labute approximate surface area is 114 Å². The molecule has 2 unspecified atom stereocenters. The average molecular weight is 262 g/mol. The van der Waals surface area contributed by atoms with Crippen LogP contribution in [0, 0.1) is 11.8 Å². The first-order chi connectivity index (χ1) is 9.16. The van der Waals surface area contributed by atoms with Crippen LogP contribution in [0.3, 0.4) is 0 Å². The molecule has 2 rings (SSSR count). The highest BCUT2D eigenvalue weighted by Crippen LogP contribution is 2.31. The summed E-state index contributed by atoms with van der Waals surface area (Å²) in [6.07, 6.45) is 3.35. The minimum atomic E-state index is 0.168. The largest absolute Gasteiger partial charge is 0.492 e. The third kappa shape index (κ3) is 3.88. The molecular formula is C15H22N2O2. The monoisotopic (exact) mass is 262 g/mol. The Morgan fingerprint density at radius 2 is 2.32 bits per heavy atom. The highest BCUT2D eigenvalue weighted by atomic mass is 16.5. The van der Waals surface area contributed by atoms with E-state index in [1.54, 1.807) is 6.07 Å². The molecule has 0 spiro atoms. The second-order valence-electron chi connectivity index (χ2n) is 5.23. The molecule has 1 aromatic carbocycles. The second-order valence-corrected chi connectivity index (χ2v) is 5.23. The number of benzene rings is 1. The summed E-state index contributed by atoms with van der Waals surface area (Å²) >= 11 is 0. The lowest BCUT2D eigenvalue weighted by atomic mass is 9.97. The van der Waals surface area contributed by atoms with Crippen LogP contribution in [0.25, 0.3) is 0 Å². The number of nitrogens with two attached hydrogens (primary N) is 1. The molecule has 19 heavy (non-hydrogen) atoms. The Hall–Kier alpha value is -1.71. The Morgan fingerprint density at radius 3 is 3.00 bits per heavy atom. The van der Waals surface area contributed by atoms with E-state index < -0.39 is 0 Å². The Morgan fingerprint density at radius 1 is 1.47 bits per heavy atom. The fourth-order valence-electron chi connectivity index (χ4n) is 2.61. The van der Waals surface area contributed by atoms with Crippen molar-refractivity contribution in [2.24, 2.45) is 11.8 Å². The van der Waals surface area contributed by atoms with Crippen molar-refractivity contribution in [2.75, 3.05) is 18.9 Å². The van der Waals surface area contributed by atoms with Crippen LogP contribution < -0.4 is 15.8 Å². The number of carbonyl (C=O) groups excluding carboxylic acids is 1. The molecule has 3 N–H and O–H groups in total. The van der Waals surface area contributed by atoms with Crippen molar-refractivity contribution < 1.29 is 9.53 Å². The van der Waals surface area contributed by atoms with Gasteiger partial charge in [-0.25, -0.2) is 0 Å². The summed E-state index contributed by atoms with van der Waals surface area (Å²) in [6, 6.07) is 7.30. The van der Waals surface area contributed by atoms with Crippen molar-refractivity contribution in [1.29, 1.82) is 0 Å². The van der Waals surface area contributed by atoms with Crippen molar-refractivity contribution >= 4 is 11.6 Å². The van der Waals surface area contributed by atoms with Gasteiger partial charge in [0.15, 0.2) is 0 Å². The molecule has 0 saturated heterocycles. The number of ether oxygens (including phenoxy) is 1. The van der Waals surface area contributed by atoms with Gasteiger partial charge in [0.25, 0.3) is 0 Å². The third-order valence-corrected chi connectivity index (χ3v) is 3.73. The normalized spacial score (nSPS) is 22.2. The summed E-state index contributed by atoms with van der Waals surface area (Å²) in [5, 5.41) is 2.94. The predicted octanol–water partition coefficient (Wildman–Crippen LogP) is 2.20. The Balaban J connectivity index is 1.68. The number of hydrogen-bond acceptors (Lipinski definition) is 3. The predicted molar refractivity (Wildman–Crippen MR) is 75.9 cm³/mol. The van der Waals surface area contributed by atoms with Gasteiger partial charge >= 0.3 is 0 Å². The first-order valence-electron chi connectivity index (χ1n) is 6.93. The molecule has 1 saturated carbocycles. The molecule has 1 fully saturated rings. The molecule has 1 aromatic rings. The first-order valence-corrected chi connectivity index (χ1v) is 6.93. The topological polar surface area (TPSA) is 64.3 Å². The van der Waals surface area contributed by atoms with Crippen molar-refractivity contribution in [3.8, 4) is 5.75 Å². The van der Waals surface area contributed by atoms with Gasteiger partial charge in [-0.05, 0) is 30.9 Å². The lowest BCUT2D eigenvalue weighted by molar-refractivity contribution is -0.125. The van der Waals surface area contributed by atoms with E-state index >= 15 is 0 Å². The van der Waals surface area contributed by atoms with Crippen LogP contribution in [-0.4, -0.2) is 19.1 Å². The van der Waals surface area contributed by atoms with Crippen LogP contribution in [0.4, 0.5) is 5.69 Å². The van der Waals surface area contributed by atoms with Crippen molar-refractivity contribution in [3.05, 3.63) is 24.3 Å². The SMILES string of the molecule is CC1CCCC1C(=O)NCCOc1cccc(N)c1. The van der Waals surface area contributed by atoms with E-state index in [4.69, 9.17) is 10.5 Å². The molecule has 4 nitrogen and oxygen atoms in total. The molecule has 0 aliphatic heterocycles. The van der Waals surface area contributed by atoms with Gasteiger partial charge in [0.2, 0.25) is 5.91 Å². The lowest BCUT2D eigenvalue weighted by Crippen LogP contribution is -2.34. The van der Waals surface area contributed by atoms with Crippen molar-refractivity contribution in [1.82, 2.24) is 5.32 Å². The fourth-order valence-corrected chi connectivity index (χ4v) is 2.61. The number of anilines is 1. The van der Waals surface area contributed by atoms with Crippen LogP contribution in [-0.2, 0) is 4.79 Å². The Kier molecular flexibility index (Phi) is 4.66. The molecule has 0 heterocycles. The molecule has 0 aromatic heterocycles. The number of nitrogen functional groups attached to an aromatic ring is 1. The molecule has 1 amide bonds. The summed E-state index contributed by atoms with van der Waals surface area (Å²) in [6.45, 7) is 3.16. The van der Waals surface area contributed by atoms with Gasteiger partial charge in [-0.15, -0.1) is 0 Å². The zero-order valence-electron chi connectivity index (χ0n) is 11.4. The summed E-state index contributed by atoms with van der Waals surface area (Å²) in [5.74, 6) is 1.60. The summed E-state index contributed by atoms with van der Waals surface area (Å²) in [5.41, 5.74) is 6.34. The summed E-state index contributed by atoms with van der Waals surface area (Å²) in [4.78, 5) is 11.9. The maximum Gasteiger partial charge on any atom is 0.223 e. The minimum Gasteiger partial charge on any atom is -0.492 e. The van der Waals surface area contributed by atoms with Crippen LogP contribution in [0.2, 0.25) is 0 Å². The zero-order valence-corrected chi connectivity index (χ0v) is 11.4. The molecule has 104 valence electrons. The van der Waals surface area contributed by atoms with Crippen molar-refractivity contribution in [3.63, 3.8) is 0 Å². The standard InChI is InChI=1S/C15H22N2O2/c1-11-4-2-7-14(11)15(18)17-8-9-19-13-6-3-5-12(16)10-13/h3,5-6,10-11,14H,2,4,7-9,16H2,1H3,(H,17,18). The Bertz CT molecular complexity index is 434. The molecule has 2 atom stereocenters. The van der Waals surface area contributed by atoms with E-state index in [2.05, 4.69) is 12.2 Å². The number of nitrogens with one attached hydrogen (secondary N) is 1.